The van der Waals surface area contributed by atoms with E-state index in [4.69, 9.17) is 9.15 Å². The molecule has 0 unspecified atom stereocenters. The van der Waals surface area contributed by atoms with Crippen molar-refractivity contribution in [3.8, 4) is 11.3 Å². The molecule has 9 nitrogen and oxygen atoms in total. The fourth-order valence-electron chi connectivity index (χ4n) is 3.46. The number of amides is 3. The van der Waals surface area contributed by atoms with E-state index in [1.165, 1.54) is 18.2 Å². The summed E-state index contributed by atoms with van der Waals surface area (Å²) in [4.78, 5) is 51.1. The second-order valence-electron chi connectivity index (χ2n) is 7.28. The van der Waals surface area contributed by atoms with Crippen LogP contribution in [0.1, 0.15) is 21.7 Å². The fourth-order valence-corrected chi connectivity index (χ4v) is 4.27. The molecule has 3 amide bonds. The molecule has 2 aromatic rings. The number of thioether (sulfide) groups is 1. The molecule has 0 radical (unpaired) electrons. The Labute approximate surface area is 187 Å². The summed E-state index contributed by atoms with van der Waals surface area (Å²) in [6, 6.07) is 7.88. The number of carboxylic acids is 1. The number of benzene rings is 1. The number of ether oxygens (including phenoxy) is 1. The lowest BCUT2D eigenvalue weighted by Gasteiger charge is -2.27. The summed E-state index contributed by atoms with van der Waals surface area (Å²) in [7, 11) is 0. The second kappa shape index (κ2) is 9.01. The van der Waals surface area contributed by atoms with Gasteiger partial charge in [-0.15, -0.1) is 0 Å². The fraction of sp³-hybridized carbons (Fsp3) is 0.273. The Hall–Kier alpha value is -3.37. The van der Waals surface area contributed by atoms with Gasteiger partial charge in [-0.1, -0.05) is 12.1 Å². The first-order valence-electron chi connectivity index (χ1n) is 9.86. The van der Waals surface area contributed by atoms with Crippen LogP contribution < -0.4 is 5.11 Å². The van der Waals surface area contributed by atoms with Gasteiger partial charge in [0.25, 0.3) is 11.1 Å². The molecule has 0 atom stereocenters. The molecule has 0 saturated carbocycles. The highest BCUT2D eigenvalue weighted by molar-refractivity contribution is 8.18. The maximum atomic E-state index is 12.7. The van der Waals surface area contributed by atoms with Crippen molar-refractivity contribution in [2.24, 2.45) is 0 Å². The lowest BCUT2D eigenvalue weighted by atomic mass is 10.0. The van der Waals surface area contributed by atoms with Crippen molar-refractivity contribution in [2.75, 3.05) is 32.8 Å². The predicted octanol–water partition coefficient (Wildman–Crippen LogP) is 1.51. The summed E-state index contributed by atoms with van der Waals surface area (Å²) >= 11 is 0.750. The SMILES string of the molecule is Cc1cc(C(=O)[O-])ccc1-c1ccc(/C=C2\SC(=O)N(CC(=O)N3CCOCC3)C2=O)o1. The summed E-state index contributed by atoms with van der Waals surface area (Å²) < 4.78 is 11.0. The Morgan fingerprint density at radius 2 is 1.91 bits per heavy atom. The van der Waals surface area contributed by atoms with E-state index in [-0.39, 0.29) is 22.9 Å². The monoisotopic (exact) mass is 455 g/mol. The maximum Gasteiger partial charge on any atom is 0.294 e. The number of carbonyl (C=O) groups excluding carboxylic acids is 4. The van der Waals surface area contributed by atoms with E-state index in [9.17, 15) is 24.3 Å². The number of hydrogen-bond donors (Lipinski definition) is 0. The zero-order valence-corrected chi connectivity index (χ0v) is 18.0. The molecule has 32 heavy (non-hydrogen) atoms. The zero-order chi connectivity index (χ0) is 22.8. The van der Waals surface area contributed by atoms with Crippen LogP contribution in [0.2, 0.25) is 0 Å². The lowest BCUT2D eigenvalue weighted by Crippen LogP contribution is -2.46. The number of furan rings is 1. The van der Waals surface area contributed by atoms with Crippen LogP contribution in [0.5, 0.6) is 0 Å². The number of morpholine rings is 1. The summed E-state index contributed by atoms with van der Waals surface area (Å²) in [6.07, 6.45) is 1.46. The molecular formula is C22H19N2O7S-. The third kappa shape index (κ3) is 4.46. The third-order valence-corrected chi connectivity index (χ3v) is 6.07. The molecule has 1 aromatic carbocycles. The van der Waals surface area contributed by atoms with E-state index in [1.54, 1.807) is 30.0 Å². The number of nitrogens with zero attached hydrogens (tertiary/aromatic N) is 2. The molecule has 2 aliphatic heterocycles. The van der Waals surface area contributed by atoms with Crippen molar-refractivity contribution in [2.45, 2.75) is 6.92 Å². The molecule has 2 fully saturated rings. The summed E-state index contributed by atoms with van der Waals surface area (Å²) in [5.74, 6) is -1.27. The van der Waals surface area contributed by atoms with Gasteiger partial charge in [-0.25, -0.2) is 0 Å². The van der Waals surface area contributed by atoms with Gasteiger partial charge in [-0.3, -0.25) is 19.3 Å². The minimum atomic E-state index is -1.26. The smallest absolute Gasteiger partial charge is 0.294 e. The molecule has 10 heteroatoms. The number of carbonyl (C=O) groups is 4. The van der Waals surface area contributed by atoms with Gasteiger partial charge in [0.15, 0.2) is 0 Å². The Morgan fingerprint density at radius 1 is 1.16 bits per heavy atom. The second-order valence-corrected chi connectivity index (χ2v) is 8.27. The van der Waals surface area contributed by atoms with Gasteiger partial charge in [0.2, 0.25) is 5.91 Å². The molecule has 0 bridgehead atoms. The Bertz CT molecular complexity index is 1130. The van der Waals surface area contributed by atoms with Crippen LogP contribution in [0, 0.1) is 6.92 Å². The van der Waals surface area contributed by atoms with Crippen molar-refractivity contribution in [3.05, 3.63) is 52.1 Å². The quantitative estimate of drug-likeness (QED) is 0.623. The van der Waals surface area contributed by atoms with Crippen LogP contribution in [-0.4, -0.2) is 65.7 Å². The summed E-state index contributed by atoms with van der Waals surface area (Å²) in [6.45, 7) is 3.18. The van der Waals surface area contributed by atoms with Crippen molar-refractivity contribution in [3.63, 3.8) is 0 Å². The molecule has 0 spiro atoms. The number of aryl methyl sites for hydroxylation is 1. The maximum absolute atomic E-state index is 12.7. The largest absolute Gasteiger partial charge is 0.545 e. The first-order valence-corrected chi connectivity index (χ1v) is 10.7. The van der Waals surface area contributed by atoms with Crippen LogP contribution in [0.25, 0.3) is 17.4 Å². The minimum absolute atomic E-state index is 0.0679. The lowest BCUT2D eigenvalue weighted by molar-refractivity contribution is -0.255. The van der Waals surface area contributed by atoms with Crippen molar-refractivity contribution < 1.29 is 33.4 Å². The Morgan fingerprint density at radius 3 is 2.59 bits per heavy atom. The van der Waals surface area contributed by atoms with E-state index in [1.807, 2.05) is 0 Å². The van der Waals surface area contributed by atoms with Crippen LogP contribution >= 0.6 is 11.8 Å². The van der Waals surface area contributed by atoms with Crippen LogP contribution in [-0.2, 0) is 14.3 Å². The van der Waals surface area contributed by atoms with Gasteiger partial charge < -0.3 is 24.0 Å². The molecule has 3 heterocycles. The summed E-state index contributed by atoms with van der Waals surface area (Å²) in [5, 5.41) is 10.5. The predicted molar refractivity (Wildman–Crippen MR) is 113 cm³/mol. The summed E-state index contributed by atoms with van der Waals surface area (Å²) in [5.41, 5.74) is 1.45. The van der Waals surface area contributed by atoms with Gasteiger partial charge in [-0.05, 0) is 48.0 Å². The van der Waals surface area contributed by atoms with E-state index >= 15 is 0 Å². The molecule has 0 N–H and O–H groups in total. The first-order chi connectivity index (χ1) is 15.3. The highest BCUT2D eigenvalue weighted by atomic mass is 32.2. The Balaban J connectivity index is 1.48. The van der Waals surface area contributed by atoms with Gasteiger partial charge in [0.05, 0.1) is 24.1 Å². The van der Waals surface area contributed by atoms with Crippen molar-refractivity contribution >= 4 is 40.9 Å². The molecule has 2 aliphatic rings. The average Bonchev–Trinajstić information content (AvgIpc) is 3.34. The van der Waals surface area contributed by atoms with Gasteiger partial charge in [-0.2, -0.15) is 0 Å². The van der Waals surface area contributed by atoms with Gasteiger partial charge >= 0.3 is 0 Å². The number of imide groups is 1. The first kappa shape index (κ1) is 21.8. The van der Waals surface area contributed by atoms with E-state index < -0.39 is 17.1 Å². The van der Waals surface area contributed by atoms with Crippen molar-refractivity contribution in [1.82, 2.24) is 9.80 Å². The molecule has 0 aliphatic carbocycles. The van der Waals surface area contributed by atoms with Crippen LogP contribution in [0.4, 0.5) is 4.79 Å². The normalized spacial score (nSPS) is 18.0. The molecule has 166 valence electrons. The molecular weight excluding hydrogens is 436 g/mol. The zero-order valence-electron chi connectivity index (χ0n) is 17.2. The number of aromatic carboxylic acids is 1. The molecule has 2 saturated heterocycles. The van der Waals surface area contributed by atoms with Crippen molar-refractivity contribution in [1.29, 1.82) is 0 Å². The molecule has 4 rings (SSSR count). The van der Waals surface area contributed by atoms with Gasteiger partial charge in [0.1, 0.15) is 18.1 Å². The number of carboxylic acid groups (broad SMARTS) is 1. The van der Waals surface area contributed by atoms with E-state index in [2.05, 4.69) is 0 Å². The van der Waals surface area contributed by atoms with Crippen LogP contribution in [0.3, 0.4) is 0 Å². The standard InChI is InChI=1S/C22H20N2O7S/c1-13-10-14(21(27)28)2-4-16(13)17-5-3-15(31-17)11-18-20(26)24(22(29)32-18)12-19(25)23-6-8-30-9-7-23/h2-5,10-11H,6-9,12H2,1H3,(H,27,28)/p-1/b18-11-. The van der Waals surface area contributed by atoms with E-state index in [0.29, 0.717) is 49.0 Å². The molecule has 1 aromatic heterocycles. The van der Waals surface area contributed by atoms with E-state index in [0.717, 1.165) is 16.7 Å². The highest BCUT2D eigenvalue weighted by Crippen LogP contribution is 2.34. The van der Waals surface area contributed by atoms with Crippen LogP contribution in [0.15, 0.2) is 39.7 Å². The topological polar surface area (TPSA) is 120 Å². The number of hydrogen-bond acceptors (Lipinski definition) is 8. The average molecular weight is 455 g/mol. The third-order valence-electron chi connectivity index (χ3n) is 5.16. The Kier molecular flexibility index (Phi) is 6.15. The van der Waals surface area contributed by atoms with Gasteiger partial charge in [0, 0.05) is 24.7 Å². The highest BCUT2D eigenvalue weighted by Gasteiger charge is 2.37. The minimum Gasteiger partial charge on any atom is -0.545 e. The number of rotatable bonds is 5.